The molecule has 168 valence electrons. The van der Waals surface area contributed by atoms with E-state index in [2.05, 4.69) is 5.32 Å². The van der Waals surface area contributed by atoms with Crippen molar-refractivity contribution in [3.05, 3.63) is 35.9 Å². The van der Waals surface area contributed by atoms with Gasteiger partial charge in [0.15, 0.2) is 0 Å². The van der Waals surface area contributed by atoms with Gasteiger partial charge in [-0.05, 0) is 50.7 Å². The minimum absolute atomic E-state index is 0. The molecule has 2 fully saturated rings. The summed E-state index contributed by atoms with van der Waals surface area (Å²) in [6.07, 6.45) is 1.75. The van der Waals surface area contributed by atoms with Gasteiger partial charge in [-0.2, -0.15) is 11.8 Å². The summed E-state index contributed by atoms with van der Waals surface area (Å²) in [4.78, 5) is 25.5. The van der Waals surface area contributed by atoms with Crippen molar-refractivity contribution in [3.63, 3.8) is 0 Å². The molecule has 0 bridgehead atoms. The predicted molar refractivity (Wildman–Crippen MR) is 125 cm³/mol. The predicted octanol–water partition coefficient (Wildman–Crippen LogP) is 3.12. The zero-order valence-electron chi connectivity index (χ0n) is 17.6. The Balaban J connectivity index is 0.00000320. The second-order valence-electron chi connectivity index (χ2n) is 8.47. The fourth-order valence-electron chi connectivity index (χ4n) is 3.56. The topological polar surface area (TPSA) is 90.6 Å². The zero-order valence-corrected chi connectivity index (χ0v) is 20.0. The van der Waals surface area contributed by atoms with Gasteiger partial charge in [0.05, 0.1) is 5.37 Å². The molecule has 3 unspecified atom stereocenters. The number of hydrogen-bond acceptors (Lipinski definition) is 8. The molecule has 1 aromatic carbocycles. The normalized spacial score (nSPS) is 24.0. The van der Waals surface area contributed by atoms with E-state index in [1.165, 1.54) is 0 Å². The van der Waals surface area contributed by atoms with Gasteiger partial charge in [0.25, 0.3) is 0 Å². The number of nitrogens with one attached hydrogen (secondary N) is 1. The SMILES string of the molecule is CC(C)(C)OC(=O)C(N)C1NC(C(=O)OCc2ccccc2)C2(CCSCC2)S1.Cl. The van der Waals surface area contributed by atoms with E-state index in [-0.39, 0.29) is 35.1 Å². The number of carbonyl (C=O) groups excluding carboxylic acids is 2. The molecule has 0 saturated carbocycles. The molecule has 3 atom stereocenters. The molecule has 30 heavy (non-hydrogen) atoms. The summed E-state index contributed by atoms with van der Waals surface area (Å²) in [7, 11) is 0. The molecule has 0 radical (unpaired) electrons. The Kier molecular flexibility index (Phi) is 8.94. The number of hydrogen-bond donors (Lipinski definition) is 2. The maximum absolute atomic E-state index is 13.0. The van der Waals surface area contributed by atoms with Gasteiger partial charge in [-0.25, -0.2) is 0 Å². The van der Waals surface area contributed by atoms with Crippen LogP contribution < -0.4 is 11.1 Å². The number of rotatable bonds is 5. The van der Waals surface area contributed by atoms with Crippen molar-refractivity contribution >= 4 is 47.9 Å². The number of carbonyl (C=O) groups is 2. The molecule has 2 saturated heterocycles. The monoisotopic (exact) mass is 474 g/mol. The molecule has 2 aliphatic rings. The maximum Gasteiger partial charge on any atom is 0.325 e. The van der Waals surface area contributed by atoms with E-state index in [9.17, 15) is 9.59 Å². The molecular formula is C21H31ClN2O4S2. The van der Waals surface area contributed by atoms with Crippen molar-refractivity contribution in [1.29, 1.82) is 0 Å². The van der Waals surface area contributed by atoms with Crippen LogP contribution in [0.15, 0.2) is 30.3 Å². The summed E-state index contributed by atoms with van der Waals surface area (Å²) in [6, 6.07) is 8.29. The quantitative estimate of drug-likeness (QED) is 0.629. The molecule has 1 spiro atoms. The average Bonchev–Trinajstić information content (AvgIpc) is 3.04. The van der Waals surface area contributed by atoms with E-state index in [1.807, 2.05) is 62.9 Å². The number of halogens is 1. The van der Waals surface area contributed by atoms with Crippen molar-refractivity contribution in [2.45, 2.75) is 68.0 Å². The molecule has 6 nitrogen and oxygen atoms in total. The van der Waals surface area contributed by atoms with E-state index < -0.39 is 23.7 Å². The summed E-state index contributed by atoms with van der Waals surface area (Å²) in [5.74, 6) is 1.21. The number of nitrogens with two attached hydrogens (primary N) is 1. The Morgan fingerprint density at radius 2 is 1.87 bits per heavy atom. The van der Waals surface area contributed by atoms with E-state index >= 15 is 0 Å². The van der Waals surface area contributed by atoms with Crippen molar-refractivity contribution in [2.75, 3.05) is 11.5 Å². The Morgan fingerprint density at radius 3 is 2.47 bits per heavy atom. The largest absolute Gasteiger partial charge is 0.460 e. The van der Waals surface area contributed by atoms with Crippen LogP contribution in [0.4, 0.5) is 0 Å². The van der Waals surface area contributed by atoms with Crippen LogP contribution in [0.25, 0.3) is 0 Å². The van der Waals surface area contributed by atoms with Crippen LogP contribution >= 0.6 is 35.9 Å². The molecule has 3 rings (SSSR count). The number of ether oxygens (including phenoxy) is 2. The van der Waals surface area contributed by atoms with Crippen LogP contribution in [0.5, 0.6) is 0 Å². The standard InChI is InChI=1S/C21H30N2O4S2.ClH/c1-20(2,3)27-18(24)15(22)17-23-16(21(29-17)9-11-28-12-10-21)19(25)26-13-14-7-5-4-6-8-14;/h4-8,15-17,23H,9-13,22H2,1-3H3;1H. The van der Waals surface area contributed by atoms with Crippen molar-refractivity contribution < 1.29 is 19.1 Å². The lowest BCUT2D eigenvalue weighted by Crippen LogP contribution is -2.53. The van der Waals surface area contributed by atoms with Gasteiger partial charge < -0.3 is 15.2 Å². The second-order valence-corrected chi connectivity index (χ2v) is 11.2. The zero-order chi connectivity index (χ0) is 21.1. The van der Waals surface area contributed by atoms with Crippen LogP contribution in [-0.4, -0.2) is 51.2 Å². The molecule has 0 aliphatic carbocycles. The number of thioether (sulfide) groups is 2. The first-order valence-corrected chi connectivity index (χ1v) is 11.9. The minimum atomic E-state index is -0.849. The third-order valence-corrected chi connectivity index (χ3v) is 7.80. The van der Waals surface area contributed by atoms with E-state index in [4.69, 9.17) is 15.2 Å². The molecule has 9 heteroatoms. The number of esters is 2. The summed E-state index contributed by atoms with van der Waals surface area (Å²) in [5.41, 5.74) is 6.57. The first kappa shape index (κ1) is 25.3. The molecule has 2 aliphatic heterocycles. The van der Waals surface area contributed by atoms with Gasteiger partial charge in [-0.1, -0.05) is 30.3 Å². The summed E-state index contributed by atoms with van der Waals surface area (Å²) >= 11 is 3.49. The molecule has 0 aromatic heterocycles. The second kappa shape index (κ2) is 10.6. The average molecular weight is 475 g/mol. The Labute approximate surface area is 193 Å². The Morgan fingerprint density at radius 1 is 1.23 bits per heavy atom. The lowest BCUT2D eigenvalue weighted by Gasteiger charge is -2.36. The van der Waals surface area contributed by atoms with Crippen molar-refractivity contribution in [3.8, 4) is 0 Å². The Hall–Kier alpha value is -0.930. The van der Waals surface area contributed by atoms with Crippen LogP contribution in [0.2, 0.25) is 0 Å². The highest BCUT2D eigenvalue weighted by Gasteiger charge is 2.54. The van der Waals surface area contributed by atoms with Gasteiger partial charge in [-0.3, -0.25) is 14.9 Å². The van der Waals surface area contributed by atoms with Gasteiger partial charge in [0.2, 0.25) is 0 Å². The van der Waals surface area contributed by atoms with E-state index in [0.717, 1.165) is 29.9 Å². The van der Waals surface area contributed by atoms with Crippen LogP contribution in [0.1, 0.15) is 39.2 Å². The fourth-order valence-corrected chi connectivity index (χ4v) is 6.75. The maximum atomic E-state index is 13.0. The van der Waals surface area contributed by atoms with Crippen LogP contribution in [0.3, 0.4) is 0 Å². The first-order valence-electron chi connectivity index (χ1n) is 9.91. The number of benzene rings is 1. The third-order valence-electron chi connectivity index (χ3n) is 5.02. The lowest BCUT2D eigenvalue weighted by molar-refractivity contribution is -0.157. The molecule has 3 N–H and O–H groups in total. The van der Waals surface area contributed by atoms with E-state index in [0.29, 0.717) is 0 Å². The van der Waals surface area contributed by atoms with Crippen LogP contribution in [0, 0.1) is 0 Å². The van der Waals surface area contributed by atoms with Gasteiger partial charge in [0.1, 0.15) is 24.3 Å². The van der Waals surface area contributed by atoms with Crippen molar-refractivity contribution in [2.24, 2.45) is 5.73 Å². The highest BCUT2D eigenvalue weighted by Crippen LogP contribution is 2.48. The fraction of sp³-hybridized carbons (Fsp3) is 0.619. The molecule has 0 amide bonds. The van der Waals surface area contributed by atoms with Gasteiger partial charge in [-0.15, -0.1) is 24.2 Å². The minimum Gasteiger partial charge on any atom is -0.460 e. The molecule has 2 heterocycles. The molecule has 1 aromatic rings. The third kappa shape index (κ3) is 6.29. The smallest absolute Gasteiger partial charge is 0.325 e. The van der Waals surface area contributed by atoms with Crippen molar-refractivity contribution in [1.82, 2.24) is 5.32 Å². The van der Waals surface area contributed by atoms with E-state index in [1.54, 1.807) is 11.8 Å². The summed E-state index contributed by atoms with van der Waals surface area (Å²) in [6.45, 7) is 5.68. The van der Waals surface area contributed by atoms with Gasteiger partial charge in [0, 0.05) is 4.75 Å². The summed E-state index contributed by atoms with van der Waals surface area (Å²) in [5, 5.41) is 2.92. The highest BCUT2D eigenvalue weighted by atomic mass is 35.5. The van der Waals surface area contributed by atoms with Crippen LogP contribution in [-0.2, 0) is 25.7 Å². The highest BCUT2D eigenvalue weighted by molar-refractivity contribution is 8.02. The Bertz CT molecular complexity index is 723. The lowest BCUT2D eigenvalue weighted by atomic mass is 9.92. The molecular weight excluding hydrogens is 444 g/mol. The first-order chi connectivity index (χ1) is 13.7. The summed E-state index contributed by atoms with van der Waals surface area (Å²) < 4.78 is 10.8. The van der Waals surface area contributed by atoms with Gasteiger partial charge >= 0.3 is 11.9 Å².